The molecule has 0 aliphatic heterocycles. The van der Waals surface area contributed by atoms with Crippen molar-refractivity contribution in [2.45, 2.75) is 29.5 Å². The van der Waals surface area contributed by atoms with Gasteiger partial charge in [0, 0.05) is 12.7 Å². The molecule has 0 heterocycles. The van der Waals surface area contributed by atoms with E-state index >= 15 is 0 Å². The summed E-state index contributed by atoms with van der Waals surface area (Å²) in [6.07, 6.45) is -5.00. The van der Waals surface area contributed by atoms with Gasteiger partial charge in [0.25, 0.3) is 0 Å². The van der Waals surface area contributed by atoms with E-state index in [1.165, 1.54) is 24.3 Å². The molecule has 2 rings (SSSR count). The van der Waals surface area contributed by atoms with Crippen molar-refractivity contribution in [1.29, 1.82) is 0 Å². The zero-order chi connectivity index (χ0) is 14.3. The molecule has 1 aliphatic carbocycles. The van der Waals surface area contributed by atoms with Crippen molar-refractivity contribution in [2.75, 3.05) is 12.4 Å². The van der Waals surface area contributed by atoms with Gasteiger partial charge in [-0.1, -0.05) is 0 Å². The number of hydrogen-bond acceptors (Lipinski definition) is 3. The minimum absolute atomic E-state index is 0.179. The number of sulfonamides is 1. The Kier molecular flexibility index (Phi) is 3.26. The lowest BCUT2D eigenvalue weighted by Crippen LogP contribution is -2.47. The quantitative estimate of drug-likeness (QED) is 0.894. The number of halogens is 3. The number of hydrogen-bond donors (Lipinski definition) is 2. The maximum Gasteiger partial charge on any atom is 0.407 e. The monoisotopic (exact) mass is 294 g/mol. The van der Waals surface area contributed by atoms with E-state index in [4.69, 9.17) is 0 Å². The summed E-state index contributed by atoms with van der Waals surface area (Å²) < 4.78 is 63.7. The standard InChI is InChI=1S/C11H13F3N2O2S/c1-15-8-2-4-9(5-3-8)19(17,18)16-10(6-7-10)11(12,13)14/h2-5,15-16H,6-7H2,1H3. The van der Waals surface area contributed by atoms with Crippen molar-refractivity contribution in [3.63, 3.8) is 0 Å². The number of anilines is 1. The van der Waals surface area contributed by atoms with Crippen molar-refractivity contribution in [2.24, 2.45) is 0 Å². The third kappa shape index (κ3) is 2.69. The first-order valence-corrected chi connectivity index (χ1v) is 7.07. The Labute approximate surface area is 109 Å². The van der Waals surface area contributed by atoms with Gasteiger partial charge >= 0.3 is 6.18 Å². The van der Waals surface area contributed by atoms with Crippen LogP contribution in [0.15, 0.2) is 29.2 Å². The average Bonchev–Trinajstić information content (AvgIpc) is 3.09. The molecule has 1 aromatic carbocycles. The molecule has 0 amide bonds. The minimum Gasteiger partial charge on any atom is -0.388 e. The van der Waals surface area contributed by atoms with Crippen LogP contribution in [0, 0.1) is 0 Å². The first kappa shape index (κ1) is 14.1. The molecule has 2 N–H and O–H groups in total. The van der Waals surface area contributed by atoms with E-state index in [2.05, 4.69) is 5.32 Å². The third-order valence-corrected chi connectivity index (χ3v) is 4.63. The van der Waals surface area contributed by atoms with Crippen LogP contribution < -0.4 is 10.0 Å². The SMILES string of the molecule is CNc1ccc(S(=O)(=O)NC2(C(F)(F)F)CC2)cc1. The summed E-state index contributed by atoms with van der Waals surface area (Å²) in [7, 11) is -2.50. The van der Waals surface area contributed by atoms with Crippen molar-refractivity contribution in [3.8, 4) is 0 Å². The highest BCUT2D eigenvalue weighted by Gasteiger charge is 2.65. The topological polar surface area (TPSA) is 58.2 Å². The Balaban J connectivity index is 2.23. The highest BCUT2D eigenvalue weighted by molar-refractivity contribution is 7.89. The molecule has 1 aliphatic rings. The van der Waals surface area contributed by atoms with E-state index in [0.717, 1.165) is 0 Å². The van der Waals surface area contributed by atoms with Gasteiger partial charge in [-0.2, -0.15) is 17.9 Å². The molecule has 0 unspecified atom stereocenters. The molecular formula is C11H13F3N2O2S. The van der Waals surface area contributed by atoms with Crippen LogP contribution in [0.2, 0.25) is 0 Å². The van der Waals surface area contributed by atoms with Gasteiger partial charge in [0.2, 0.25) is 10.0 Å². The summed E-state index contributed by atoms with van der Waals surface area (Å²) in [4.78, 5) is -0.179. The van der Waals surface area contributed by atoms with Crippen LogP contribution in [0.3, 0.4) is 0 Å². The maximum absolute atomic E-state index is 12.7. The van der Waals surface area contributed by atoms with Crippen LogP contribution in [0.1, 0.15) is 12.8 Å². The molecule has 1 saturated carbocycles. The summed E-state index contributed by atoms with van der Waals surface area (Å²) in [6, 6.07) is 5.50. The first-order chi connectivity index (χ1) is 8.70. The average molecular weight is 294 g/mol. The predicted molar refractivity (Wildman–Crippen MR) is 64.3 cm³/mol. The number of rotatable bonds is 4. The van der Waals surface area contributed by atoms with E-state index < -0.39 is 21.7 Å². The predicted octanol–water partition coefficient (Wildman–Crippen LogP) is 2.10. The number of alkyl halides is 3. The van der Waals surface area contributed by atoms with E-state index in [0.29, 0.717) is 5.69 Å². The molecule has 4 nitrogen and oxygen atoms in total. The van der Waals surface area contributed by atoms with Crippen LogP contribution in [0.25, 0.3) is 0 Å². The summed E-state index contributed by atoms with van der Waals surface area (Å²) in [5.41, 5.74) is -1.61. The van der Waals surface area contributed by atoms with Gasteiger partial charge in [-0.05, 0) is 37.1 Å². The molecule has 0 bridgehead atoms. The fourth-order valence-electron chi connectivity index (χ4n) is 1.69. The number of nitrogens with one attached hydrogen (secondary N) is 2. The van der Waals surface area contributed by atoms with E-state index in [1.54, 1.807) is 11.8 Å². The Morgan fingerprint density at radius 1 is 1.16 bits per heavy atom. The van der Waals surface area contributed by atoms with Gasteiger partial charge in [0.05, 0.1) is 4.90 Å². The fourth-order valence-corrected chi connectivity index (χ4v) is 3.13. The van der Waals surface area contributed by atoms with Gasteiger partial charge in [0.1, 0.15) is 5.54 Å². The molecular weight excluding hydrogens is 281 g/mol. The van der Waals surface area contributed by atoms with Crippen LogP contribution in [0.4, 0.5) is 18.9 Å². The van der Waals surface area contributed by atoms with Crippen molar-refractivity contribution < 1.29 is 21.6 Å². The largest absolute Gasteiger partial charge is 0.407 e. The van der Waals surface area contributed by atoms with Gasteiger partial charge in [-0.25, -0.2) is 8.42 Å². The molecule has 19 heavy (non-hydrogen) atoms. The highest BCUT2D eigenvalue weighted by Crippen LogP contribution is 2.49. The van der Waals surface area contributed by atoms with Crippen LogP contribution in [-0.4, -0.2) is 27.2 Å². The molecule has 0 radical (unpaired) electrons. The van der Waals surface area contributed by atoms with E-state index in [9.17, 15) is 21.6 Å². The Bertz CT molecular complexity index is 563. The molecule has 1 aromatic rings. The van der Waals surface area contributed by atoms with Crippen molar-refractivity contribution >= 4 is 15.7 Å². The maximum atomic E-state index is 12.7. The van der Waals surface area contributed by atoms with Gasteiger partial charge < -0.3 is 5.32 Å². The highest BCUT2D eigenvalue weighted by atomic mass is 32.2. The minimum atomic E-state index is -4.56. The van der Waals surface area contributed by atoms with Crippen LogP contribution in [0.5, 0.6) is 0 Å². The lowest BCUT2D eigenvalue weighted by molar-refractivity contribution is -0.160. The summed E-state index contributed by atoms with van der Waals surface area (Å²) in [5, 5.41) is 2.80. The zero-order valence-electron chi connectivity index (χ0n) is 10.1. The molecule has 0 spiro atoms. The summed E-state index contributed by atoms with van der Waals surface area (Å²) in [6.45, 7) is 0. The zero-order valence-corrected chi connectivity index (χ0v) is 10.9. The first-order valence-electron chi connectivity index (χ1n) is 5.59. The van der Waals surface area contributed by atoms with E-state index in [-0.39, 0.29) is 17.7 Å². The second-order valence-corrected chi connectivity index (χ2v) is 6.14. The normalized spacial score (nSPS) is 18.1. The van der Waals surface area contributed by atoms with Crippen molar-refractivity contribution in [1.82, 2.24) is 4.72 Å². The molecule has 0 aromatic heterocycles. The van der Waals surface area contributed by atoms with Crippen LogP contribution in [-0.2, 0) is 10.0 Å². The second kappa shape index (κ2) is 4.38. The molecule has 1 fully saturated rings. The molecule has 106 valence electrons. The lowest BCUT2D eigenvalue weighted by Gasteiger charge is -2.20. The third-order valence-electron chi connectivity index (χ3n) is 3.08. The van der Waals surface area contributed by atoms with E-state index in [1.807, 2.05) is 0 Å². The van der Waals surface area contributed by atoms with Crippen LogP contribution >= 0.6 is 0 Å². The number of benzene rings is 1. The molecule has 0 atom stereocenters. The second-order valence-electron chi connectivity index (χ2n) is 4.46. The Hall–Kier alpha value is -1.28. The lowest BCUT2D eigenvalue weighted by atomic mass is 10.3. The fraction of sp³-hybridized carbons (Fsp3) is 0.455. The van der Waals surface area contributed by atoms with Gasteiger partial charge in [-0.3, -0.25) is 0 Å². The van der Waals surface area contributed by atoms with Crippen molar-refractivity contribution in [3.05, 3.63) is 24.3 Å². The smallest absolute Gasteiger partial charge is 0.388 e. The molecule has 0 saturated heterocycles. The molecule has 8 heteroatoms. The van der Waals surface area contributed by atoms with Gasteiger partial charge in [0.15, 0.2) is 0 Å². The summed E-state index contributed by atoms with van der Waals surface area (Å²) in [5.74, 6) is 0. The summed E-state index contributed by atoms with van der Waals surface area (Å²) >= 11 is 0. The van der Waals surface area contributed by atoms with Gasteiger partial charge in [-0.15, -0.1) is 0 Å². The Morgan fingerprint density at radius 3 is 2.05 bits per heavy atom. The Morgan fingerprint density at radius 2 is 1.68 bits per heavy atom.